The normalized spacial score (nSPS) is 20.2. The number of carboxylic acid groups (broad SMARTS) is 1. The van der Waals surface area contributed by atoms with Gasteiger partial charge in [0.05, 0.1) is 34.7 Å². The van der Waals surface area contributed by atoms with Crippen molar-refractivity contribution in [2.45, 2.75) is 11.7 Å². The third-order valence-electron chi connectivity index (χ3n) is 4.49. The molecule has 0 N–H and O–H groups in total. The fraction of sp³-hybridized carbons (Fsp3) is 0.316. The van der Waals surface area contributed by atoms with E-state index in [9.17, 15) is 24.3 Å². The number of carbonyl (C=O) groups excluding carboxylic acids is 4. The van der Waals surface area contributed by atoms with Gasteiger partial charge in [-0.3, -0.25) is 14.5 Å². The highest BCUT2D eigenvalue weighted by Gasteiger charge is 2.33. The first-order valence-electron chi connectivity index (χ1n) is 8.84. The first kappa shape index (κ1) is 22.3. The molecule has 30 heavy (non-hydrogen) atoms. The molecule has 8 nitrogen and oxygen atoms in total. The van der Waals surface area contributed by atoms with E-state index >= 15 is 0 Å². The first-order valence-corrected chi connectivity index (χ1v) is 11.1. The molecule has 2 fully saturated rings. The molecule has 0 aliphatic carbocycles. The molecule has 2 amide bonds. The number of carbonyl (C=O) groups is 4. The van der Waals surface area contributed by atoms with Crippen molar-refractivity contribution < 1.29 is 29.0 Å². The van der Waals surface area contributed by atoms with Gasteiger partial charge in [-0.15, -0.1) is 11.8 Å². The Balaban J connectivity index is 1.59. The molecule has 0 saturated carbocycles. The molecule has 2 aliphatic rings. The molecule has 0 unspecified atom stereocenters. The number of hydrogen-bond donors (Lipinski definition) is 0. The topological polar surface area (TPSA) is 107 Å². The highest BCUT2D eigenvalue weighted by atomic mass is 32.2. The lowest BCUT2D eigenvalue weighted by Crippen LogP contribution is -2.39. The molecule has 0 spiro atoms. The fourth-order valence-corrected chi connectivity index (χ4v) is 5.18. The molecular formula is C19H17N2O6S3-. The van der Waals surface area contributed by atoms with E-state index in [-0.39, 0.29) is 37.2 Å². The Morgan fingerprint density at radius 2 is 2.00 bits per heavy atom. The molecule has 0 aromatic heterocycles. The van der Waals surface area contributed by atoms with Gasteiger partial charge in [0.1, 0.15) is 4.32 Å². The lowest BCUT2D eigenvalue weighted by molar-refractivity contribution is -0.304. The molecule has 2 aliphatic heterocycles. The van der Waals surface area contributed by atoms with Crippen LogP contribution in [-0.2, 0) is 19.1 Å². The lowest BCUT2D eigenvalue weighted by atomic mass is 10.1. The number of thioether (sulfide) groups is 2. The second-order valence-corrected chi connectivity index (χ2v) is 9.25. The average Bonchev–Trinajstić information content (AvgIpc) is 3.32. The first-order chi connectivity index (χ1) is 14.3. The second kappa shape index (κ2) is 9.63. The van der Waals surface area contributed by atoms with Crippen molar-refractivity contribution in [3.63, 3.8) is 0 Å². The van der Waals surface area contributed by atoms with Crippen LogP contribution in [0.25, 0.3) is 6.08 Å². The maximum absolute atomic E-state index is 12.7. The molecule has 0 radical (unpaired) electrons. The molecule has 0 bridgehead atoms. The van der Waals surface area contributed by atoms with Gasteiger partial charge >= 0.3 is 5.97 Å². The van der Waals surface area contributed by atoms with E-state index in [4.69, 9.17) is 12.2 Å². The molecule has 158 valence electrons. The largest absolute Gasteiger partial charge is 0.549 e. The van der Waals surface area contributed by atoms with E-state index < -0.39 is 17.2 Å². The summed E-state index contributed by atoms with van der Waals surface area (Å²) < 4.78 is 5.01. The zero-order valence-electron chi connectivity index (χ0n) is 15.9. The molecule has 2 heterocycles. The summed E-state index contributed by atoms with van der Waals surface area (Å²) in [6.45, 7) is 0.227. The lowest BCUT2D eigenvalue weighted by Gasteiger charge is -2.18. The van der Waals surface area contributed by atoms with Crippen molar-refractivity contribution in [3.8, 4) is 0 Å². The van der Waals surface area contributed by atoms with Crippen LogP contribution in [0.1, 0.15) is 22.3 Å². The highest BCUT2D eigenvalue weighted by molar-refractivity contribution is 8.26. The summed E-state index contributed by atoms with van der Waals surface area (Å²) >= 11 is 7.56. The van der Waals surface area contributed by atoms with Gasteiger partial charge in [-0.25, -0.2) is 4.79 Å². The van der Waals surface area contributed by atoms with Crippen molar-refractivity contribution in [2.24, 2.45) is 0 Å². The van der Waals surface area contributed by atoms with Crippen molar-refractivity contribution in [1.82, 2.24) is 9.80 Å². The minimum atomic E-state index is -1.18. The van der Waals surface area contributed by atoms with Crippen LogP contribution in [0.3, 0.4) is 0 Å². The van der Waals surface area contributed by atoms with Gasteiger partial charge < -0.3 is 19.5 Å². The van der Waals surface area contributed by atoms with E-state index in [1.807, 2.05) is 0 Å². The number of nitrogens with zero attached hydrogens (tertiary/aromatic N) is 2. The third-order valence-corrected chi connectivity index (χ3v) is 7.07. The molecule has 3 rings (SSSR count). The molecule has 2 saturated heterocycles. The number of ether oxygens (including phenoxy) is 1. The summed E-state index contributed by atoms with van der Waals surface area (Å²) in [6, 6.07) is 6.60. The summed E-state index contributed by atoms with van der Waals surface area (Å²) in [4.78, 5) is 50.6. The van der Waals surface area contributed by atoms with E-state index in [1.54, 1.807) is 30.3 Å². The van der Waals surface area contributed by atoms with Gasteiger partial charge in [0, 0.05) is 19.5 Å². The van der Waals surface area contributed by atoms with E-state index in [0.717, 1.165) is 29.1 Å². The quantitative estimate of drug-likeness (QED) is 0.341. The van der Waals surface area contributed by atoms with Crippen LogP contribution in [0.5, 0.6) is 0 Å². The number of benzene rings is 1. The Labute approximate surface area is 186 Å². The summed E-state index contributed by atoms with van der Waals surface area (Å²) in [5.41, 5.74) is 1.13. The zero-order chi connectivity index (χ0) is 21.8. The minimum absolute atomic E-state index is 0.0495. The molecule has 1 aromatic rings. The molecule has 1 atom stereocenters. The number of carboxylic acids is 1. The molecular weight excluding hydrogens is 448 g/mol. The predicted molar refractivity (Wildman–Crippen MR) is 115 cm³/mol. The minimum Gasteiger partial charge on any atom is -0.549 e. The number of aliphatic carboxylic acids is 1. The van der Waals surface area contributed by atoms with Gasteiger partial charge in [-0.05, 0) is 23.8 Å². The number of esters is 1. The maximum atomic E-state index is 12.7. The predicted octanol–water partition coefficient (Wildman–Crippen LogP) is 0.716. The van der Waals surface area contributed by atoms with Crippen molar-refractivity contribution in [2.75, 3.05) is 26.1 Å². The van der Waals surface area contributed by atoms with Gasteiger partial charge in [0.15, 0.2) is 0 Å². The van der Waals surface area contributed by atoms with Gasteiger partial charge in [-0.1, -0.05) is 36.1 Å². The summed E-state index contributed by atoms with van der Waals surface area (Å²) in [5, 5.41) is 10.2. The molecule has 1 aromatic carbocycles. The van der Waals surface area contributed by atoms with Gasteiger partial charge in [0.2, 0.25) is 5.91 Å². The Morgan fingerprint density at radius 3 is 2.60 bits per heavy atom. The van der Waals surface area contributed by atoms with Crippen molar-refractivity contribution >= 4 is 69.9 Å². The smallest absolute Gasteiger partial charge is 0.337 e. The summed E-state index contributed by atoms with van der Waals surface area (Å²) in [6.07, 6.45) is 1.72. The summed E-state index contributed by atoms with van der Waals surface area (Å²) in [7, 11) is 1.30. The number of rotatable bonds is 6. The van der Waals surface area contributed by atoms with Gasteiger partial charge in [0.25, 0.3) is 5.91 Å². The number of thiocarbonyl (C=S) groups is 1. The number of hydrogen-bond acceptors (Lipinski definition) is 9. The fourth-order valence-electron chi connectivity index (χ4n) is 2.84. The Hall–Kier alpha value is -2.37. The SMILES string of the molecule is COC(=O)c1ccc(/C=C2\SC(=S)N(CCC(=O)N3CS[C@H](C(=O)[O-])C3)C2=O)cc1. The molecule has 11 heteroatoms. The summed E-state index contributed by atoms with van der Waals surface area (Å²) in [5.74, 6) is -1.87. The monoisotopic (exact) mass is 465 g/mol. The van der Waals surface area contributed by atoms with E-state index in [2.05, 4.69) is 4.74 Å². The Morgan fingerprint density at radius 1 is 1.30 bits per heavy atom. The highest BCUT2D eigenvalue weighted by Crippen LogP contribution is 2.33. The van der Waals surface area contributed by atoms with Gasteiger partial charge in [-0.2, -0.15) is 0 Å². The number of amides is 2. The van der Waals surface area contributed by atoms with Crippen LogP contribution in [0.15, 0.2) is 29.2 Å². The van der Waals surface area contributed by atoms with Crippen LogP contribution in [0, 0.1) is 0 Å². The van der Waals surface area contributed by atoms with E-state index in [1.165, 1.54) is 16.9 Å². The van der Waals surface area contributed by atoms with Crippen LogP contribution >= 0.6 is 35.7 Å². The Kier molecular flexibility index (Phi) is 7.16. The van der Waals surface area contributed by atoms with Crippen molar-refractivity contribution in [1.29, 1.82) is 0 Å². The van der Waals surface area contributed by atoms with Crippen LogP contribution < -0.4 is 5.11 Å². The van der Waals surface area contributed by atoms with E-state index in [0.29, 0.717) is 14.8 Å². The Bertz CT molecular complexity index is 931. The standard InChI is InChI=1S/C19H18N2O6S3/c1-27-18(26)12-4-2-11(3-5-12)8-13-16(23)21(19(28)30-13)7-6-15(22)20-9-14(17(24)25)29-10-20/h2-5,8,14H,6-7,9-10H2,1H3,(H,24,25)/p-1/b13-8-/t14-/m0/s1. The third kappa shape index (κ3) is 5.02. The average molecular weight is 466 g/mol. The van der Waals surface area contributed by atoms with Crippen LogP contribution in [0.4, 0.5) is 0 Å². The van der Waals surface area contributed by atoms with Crippen LogP contribution in [-0.4, -0.2) is 69.2 Å². The van der Waals surface area contributed by atoms with Crippen LogP contribution in [0.2, 0.25) is 0 Å². The second-order valence-electron chi connectivity index (χ2n) is 6.42. The number of methoxy groups -OCH3 is 1. The zero-order valence-corrected chi connectivity index (χ0v) is 18.3. The maximum Gasteiger partial charge on any atom is 0.337 e. The van der Waals surface area contributed by atoms with Crippen molar-refractivity contribution in [3.05, 3.63) is 40.3 Å².